The molecule has 1 unspecified atom stereocenters. The molecule has 0 N–H and O–H groups in total. The normalized spacial score (nSPS) is 12.0. The third-order valence-electron chi connectivity index (χ3n) is 6.32. The van der Waals surface area contributed by atoms with Gasteiger partial charge in [0.25, 0.3) is 11.5 Å². The van der Waals surface area contributed by atoms with Crippen LogP contribution in [-0.2, 0) is 0 Å². The van der Waals surface area contributed by atoms with E-state index in [0.29, 0.717) is 35.4 Å². The van der Waals surface area contributed by atoms with Gasteiger partial charge >= 0.3 is 0 Å². The van der Waals surface area contributed by atoms with Crippen molar-refractivity contribution in [2.24, 2.45) is 0 Å². The minimum absolute atomic E-state index is 0.0192. The van der Waals surface area contributed by atoms with E-state index < -0.39 is 17.8 Å². The van der Waals surface area contributed by atoms with Crippen molar-refractivity contribution >= 4 is 32.7 Å². The van der Waals surface area contributed by atoms with Crippen LogP contribution in [-0.4, -0.2) is 26.9 Å². The van der Waals surface area contributed by atoms with Crippen molar-refractivity contribution in [2.75, 3.05) is 6.54 Å². The predicted molar refractivity (Wildman–Crippen MR) is 145 cm³/mol. The lowest BCUT2D eigenvalue weighted by molar-refractivity contribution is 0.0650. The maximum atomic E-state index is 14.7. The first kappa shape index (κ1) is 25.8. The van der Waals surface area contributed by atoms with E-state index in [4.69, 9.17) is 4.98 Å². The van der Waals surface area contributed by atoms with Gasteiger partial charge in [0, 0.05) is 11.0 Å². The first-order valence-electron chi connectivity index (χ1n) is 12.3. The summed E-state index contributed by atoms with van der Waals surface area (Å²) in [6.07, 6.45) is 3.19. The second kappa shape index (κ2) is 11.6. The molecule has 0 aliphatic carbocycles. The Hall–Kier alpha value is -3.32. The Morgan fingerprint density at radius 1 is 1.00 bits per heavy atom. The fourth-order valence-corrected chi connectivity index (χ4v) is 4.74. The van der Waals surface area contributed by atoms with Gasteiger partial charge in [0.05, 0.1) is 28.2 Å². The average Bonchev–Trinajstić information content (AvgIpc) is 2.89. The van der Waals surface area contributed by atoms with E-state index in [2.05, 4.69) is 22.9 Å². The summed E-state index contributed by atoms with van der Waals surface area (Å²) in [6.45, 7) is 4.48. The topological polar surface area (TPSA) is 55.2 Å². The molecule has 7 heteroatoms. The van der Waals surface area contributed by atoms with Gasteiger partial charge in [-0.2, -0.15) is 0 Å². The van der Waals surface area contributed by atoms with Crippen LogP contribution >= 0.6 is 15.9 Å². The number of rotatable bonds is 9. The molecule has 1 atom stereocenters. The number of hydrogen-bond acceptors (Lipinski definition) is 3. The van der Waals surface area contributed by atoms with Crippen molar-refractivity contribution in [3.63, 3.8) is 0 Å². The van der Waals surface area contributed by atoms with Crippen LogP contribution in [0.3, 0.4) is 0 Å². The number of aromatic nitrogens is 2. The third kappa shape index (κ3) is 5.26. The Balaban J connectivity index is 1.93. The monoisotopic (exact) mass is 549 g/mol. The van der Waals surface area contributed by atoms with E-state index in [0.717, 1.165) is 23.7 Å². The number of benzene rings is 3. The van der Waals surface area contributed by atoms with Gasteiger partial charge in [0.2, 0.25) is 0 Å². The molecule has 0 spiro atoms. The molecule has 0 saturated carbocycles. The Bertz CT molecular complexity index is 1420. The lowest BCUT2D eigenvalue weighted by atomic mass is 10.1. The largest absolute Gasteiger partial charge is 0.328 e. The number of carbonyl (C=O) groups is 1. The van der Waals surface area contributed by atoms with Crippen LogP contribution in [0.1, 0.15) is 61.8 Å². The van der Waals surface area contributed by atoms with E-state index in [1.165, 1.54) is 12.1 Å². The fourth-order valence-electron chi connectivity index (χ4n) is 4.48. The zero-order valence-electron chi connectivity index (χ0n) is 20.5. The molecule has 0 radical (unpaired) electrons. The summed E-state index contributed by atoms with van der Waals surface area (Å²) < 4.78 is 17.2. The summed E-state index contributed by atoms with van der Waals surface area (Å²) in [5.41, 5.74) is 1.03. The number of para-hydroxylation sites is 1. The van der Waals surface area contributed by atoms with E-state index in [-0.39, 0.29) is 11.1 Å². The van der Waals surface area contributed by atoms with E-state index in [1.54, 1.807) is 33.7 Å². The maximum absolute atomic E-state index is 14.7. The molecule has 0 fully saturated rings. The van der Waals surface area contributed by atoms with Crippen molar-refractivity contribution in [3.8, 4) is 5.69 Å². The number of hydrogen-bond donors (Lipinski definition) is 0. The van der Waals surface area contributed by atoms with E-state index in [9.17, 15) is 14.0 Å². The zero-order chi connectivity index (χ0) is 25.7. The molecule has 5 nitrogen and oxygen atoms in total. The van der Waals surface area contributed by atoms with Gasteiger partial charge in [-0.1, -0.05) is 66.9 Å². The van der Waals surface area contributed by atoms with Crippen molar-refractivity contribution in [1.29, 1.82) is 0 Å². The zero-order valence-corrected chi connectivity index (χ0v) is 22.0. The highest BCUT2D eigenvalue weighted by Gasteiger charge is 2.30. The standard InChI is InChI=1S/C29H29BrFN3O2/c1-3-5-10-19-33(28(35)22-11-6-8-13-24(22)31)26(4-2)27-32-25-14-9-7-12-23(25)29(36)34(27)21-17-15-20(30)16-18-21/h6-9,11-18,26H,3-5,10,19H2,1-2H3. The lowest BCUT2D eigenvalue weighted by Crippen LogP contribution is -2.39. The van der Waals surface area contributed by atoms with Crippen molar-refractivity contribution in [1.82, 2.24) is 14.5 Å². The summed E-state index contributed by atoms with van der Waals surface area (Å²) in [6, 6.07) is 20.1. The van der Waals surface area contributed by atoms with Gasteiger partial charge in [-0.05, 0) is 61.4 Å². The fraction of sp³-hybridized carbons (Fsp3) is 0.276. The molecule has 1 heterocycles. The van der Waals surface area contributed by atoms with Gasteiger partial charge in [-0.3, -0.25) is 14.2 Å². The smallest absolute Gasteiger partial charge is 0.266 e. The summed E-state index contributed by atoms with van der Waals surface area (Å²) in [5, 5.41) is 0.497. The number of fused-ring (bicyclic) bond motifs is 1. The molecule has 4 rings (SSSR count). The van der Waals surface area contributed by atoms with Crippen molar-refractivity contribution < 1.29 is 9.18 Å². The summed E-state index contributed by atoms with van der Waals surface area (Å²) in [7, 11) is 0. The van der Waals surface area contributed by atoms with Crippen molar-refractivity contribution in [2.45, 2.75) is 45.6 Å². The minimum Gasteiger partial charge on any atom is -0.328 e. The highest BCUT2D eigenvalue weighted by atomic mass is 79.9. The number of nitrogens with zero attached hydrogens (tertiary/aromatic N) is 3. The first-order chi connectivity index (χ1) is 17.5. The maximum Gasteiger partial charge on any atom is 0.266 e. The quantitative estimate of drug-likeness (QED) is 0.210. The van der Waals surface area contributed by atoms with Crippen LogP contribution in [0, 0.1) is 5.82 Å². The van der Waals surface area contributed by atoms with Crippen LogP contribution in [0.15, 0.2) is 82.1 Å². The number of amides is 1. The van der Waals surface area contributed by atoms with Crippen LogP contribution in [0.5, 0.6) is 0 Å². The van der Waals surface area contributed by atoms with Crippen LogP contribution in [0.2, 0.25) is 0 Å². The van der Waals surface area contributed by atoms with Crippen molar-refractivity contribution in [3.05, 3.63) is 105 Å². The minimum atomic E-state index is -0.561. The third-order valence-corrected chi connectivity index (χ3v) is 6.84. The summed E-state index contributed by atoms with van der Waals surface area (Å²) in [4.78, 5) is 34.1. The van der Waals surface area contributed by atoms with Gasteiger partial charge in [-0.25, -0.2) is 9.37 Å². The molecular formula is C29H29BrFN3O2. The molecule has 186 valence electrons. The number of unbranched alkanes of at least 4 members (excludes halogenated alkanes) is 2. The Kier molecular flexibility index (Phi) is 8.31. The molecule has 0 aliphatic heterocycles. The second-order valence-electron chi connectivity index (χ2n) is 8.71. The lowest BCUT2D eigenvalue weighted by Gasteiger charge is -2.32. The van der Waals surface area contributed by atoms with E-state index >= 15 is 0 Å². The molecule has 0 bridgehead atoms. The average molecular weight is 550 g/mol. The molecule has 0 saturated heterocycles. The van der Waals surface area contributed by atoms with Gasteiger partial charge in [0.15, 0.2) is 0 Å². The molecule has 1 amide bonds. The Morgan fingerprint density at radius 3 is 2.39 bits per heavy atom. The molecule has 4 aromatic rings. The SMILES string of the molecule is CCCCCN(C(=O)c1ccccc1F)C(CC)c1nc2ccccc2c(=O)n1-c1ccc(Br)cc1. The summed E-state index contributed by atoms with van der Waals surface area (Å²) in [5.74, 6) is -0.500. The highest BCUT2D eigenvalue weighted by Crippen LogP contribution is 2.29. The highest BCUT2D eigenvalue weighted by molar-refractivity contribution is 9.10. The molecule has 36 heavy (non-hydrogen) atoms. The van der Waals surface area contributed by atoms with Crippen LogP contribution in [0.4, 0.5) is 4.39 Å². The van der Waals surface area contributed by atoms with Gasteiger partial charge < -0.3 is 4.90 Å². The second-order valence-corrected chi connectivity index (χ2v) is 9.63. The van der Waals surface area contributed by atoms with Gasteiger partial charge in [0.1, 0.15) is 11.6 Å². The predicted octanol–water partition coefficient (Wildman–Crippen LogP) is 7.07. The number of carbonyl (C=O) groups excluding carboxylic acids is 1. The Morgan fingerprint density at radius 2 is 1.69 bits per heavy atom. The number of halogens is 2. The van der Waals surface area contributed by atoms with Crippen LogP contribution in [0.25, 0.3) is 16.6 Å². The van der Waals surface area contributed by atoms with Crippen LogP contribution < -0.4 is 5.56 Å². The molecule has 3 aromatic carbocycles. The summed E-state index contributed by atoms with van der Waals surface area (Å²) >= 11 is 3.46. The van der Waals surface area contributed by atoms with E-state index in [1.807, 2.05) is 43.3 Å². The Labute approximate surface area is 218 Å². The molecular weight excluding hydrogens is 521 g/mol. The van der Waals surface area contributed by atoms with Gasteiger partial charge in [-0.15, -0.1) is 0 Å². The molecule has 0 aliphatic rings. The first-order valence-corrected chi connectivity index (χ1v) is 13.1. The molecule has 1 aromatic heterocycles.